The lowest BCUT2D eigenvalue weighted by atomic mass is 10.0. The third-order valence-electron chi connectivity index (χ3n) is 3.33. The molecule has 0 bridgehead atoms. The lowest BCUT2D eigenvalue weighted by Gasteiger charge is -2.24. The summed E-state index contributed by atoms with van der Waals surface area (Å²) in [5, 5.41) is -0.921. The van der Waals surface area contributed by atoms with Crippen molar-refractivity contribution in [3.8, 4) is 0 Å². The zero-order valence-corrected chi connectivity index (χ0v) is 12.0. The summed E-state index contributed by atoms with van der Waals surface area (Å²) in [5.41, 5.74) is -6.25. The fourth-order valence-electron chi connectivity index (χ4n) is 2.32. The molecule has 24 heavy (non-hydrogen) atoms. The smallest absolute Gasteiger partial charge is 0.0843 e. The van der Waals surface area contributed by atoms with Gasteiger partial charge in [-0.1, -0.05) is 17.6 Å². The zero-order chi connectivity index (χ0) is 36.6. The van der Waals surface area contributed by atoms with E-state index in [9.17, 15) is 0 Å². The standard InChI is InChI=1S/C21H25N3/c1-15-4-7-20-18(12-15)19-14-23(3)10-9-21(19)24(20)11-8-17-6-5-16(2)22-13-17/h4-7,12-13H,8-11,14H2,1-3H3/i1D3,2D3,3D3,4D,5D,6D,7D,8D2,9D2,10D2,12D,13D,14D2. The molecule has 4 rings (SSSR count). The van der Waals surface area contributed by atoms with Crippen LogP contribution in [0.3, 0.4) is 0 Å². The molecule has 0 unspecified atom stereocenters. The Morgan fingerprint density at radius 3 is 3.21 bits per heavy atom. The Morgan fingerprint density at radius 1 is 1.33 bits per heavy atom. The minimum absolute atomic E-state index is 0.436. The Balaban J connectivity index is 2.26. The Labute approximate surface area is 176 Å². The number of nitrogens with zero attached hydrogens (tertiary/aromatic N) is 3. The molecule has 3 aromatic rings. The molecule has 124 valence electrons. The van der Waals surface area contributed by atoms with Crippen molar-refractivity contribution in [1.29, 1.82) is 0 Å². The molecule has 3 nitrogen and oxygen atoms in total. The molecule has 0 atom stereocenters. The first-order valence-electron chi connectivity index (χ1n) is 18.2. The van der Waals surface area contributed by atoms with E-state index in [4.69, 9.17) is 31.5 Å². The number of rotatable bonds is 3. The van der Waals surface area contributed by atoms with Crippen LogP contribution in [0.25, 0.3) is 10.9 Å². The molecule has 0 radical (unpaired) electrons. The normalized spacial score (nSPS) is 37.4. The van der Waals surface area contributed by atoms with E-state index in [1.807, 2.05) is 0 Å². The number of aromatic nitrogens is 2. The van der Waals surface area contributed by atoms with E-state index in [0.717, 1.165) is 0 Å². The summed E-state index contributed by atoms with van der Waals surface area (Å²) in [6.07, 6.45) is -7.94. The first-order chi connectivity index (χ1) is 20.8. The summed E-state index contributed by atoms with van der Waals surface area (Å²) in [5.74, 6) is 0. The third-order valence-corrected chi connectivity index (χ3v) is 3.33. The van der Waals surface area contributed by atoms with Gasteiger partial charge in [-0.2, -0.15) is 0 Å². The van der Waals surface area contributed by atoms with Crippen molar-refractivity contribution in [3.63, 3.8) is 0 Å². The highest BCUT2D eigenvalue weighted by Crippen LogP contribution is 2.31. The van der Waals surface area contributed by atoms with E-state index in [1.54, 1.807) is 0 Å². The maximum Gasteiger partial charge on any atom is 0.0843 e. The zero-order valence-electron chi connectivity index (χ0n) is 35.0. The van der Waals surface area contributed by atoms with E-state index in [1.165, 1.54) is 0 Å². The van der Waals surface area contributed by atoms with Gasteiger partial charge in [-0.25, -0.2) is 0 Å². The number of fused-ring (bicyclic) bond motifs is 3. The molecule has 0 saturated carbocycles. The van der Waals surface area contributed by atoms with Gasteiger partial charge in [0.25, 0.3) is 0 Å². The molecular weight excluding hydrogens is 294 g/mol. The first-order valence-corrected chi connectivity index (χ1v) is 6.74. The maximum absolute atomic E-state index is 8.81. The second-order valence-electron chi connectivity index (χ2n) is 4.84. The molecule has 0 aliphatic carbocycles. The van der Waals surface area contributed by atoms with Gasteiger partial charge in [0.15, 0.2) is 0 Å². The van der Waals surface area contributed by atoms with Crippen LogP contribution in [0, 0.1) is 13.7 Å². The SMILES string of the molecule is [2H]c1nc(C([2H])([2H])[2H])c([2H])c([2H])c1C([2H])([2H])Cn1c2c(c3c([2H])c(C([2H])([2H])[2H])c([2H])c([2H])c31)C([2H])([2H])N(C([2H])([2H])[2H])C([2H])([2H])C2([2H])[2H]. The summed E-state index contributed by atoms with van der Waals surface area (Å²) in [6, 6.07) is -5.60. The van der Waals surface area contributed by atoms with Crippen molar-refractivity contribution in [2.75, 3.05) is 13.5 Å². The van der Waals surface area contributed by atoms with Crippen LogP contribution in [0.2, 0.25) is 0 Å². The van der Waals surface area contributed by atoms with Crippen molar-refractivity contribution >= 4 is 10.9 Å². The summed E-state index contributed by atoms with van der Waals surface area (Å²) >= 11 is 0. The van der Waals surface area contributed by atoms with Gasteiger partial charge in [0.2, 0.25) is 0 Å². The molecule has 3 heterocycles. The molecule has 0 amide bonds. The highest BCUT2D eigenvalue weighted by molar-refractivity contribution is 5.86. The number of pyridine rings is 1. The minimum Gasteiger partial charge on any atom is -0.344 e. The van der Waals surface area contributed by atoms with Crippen LogP contribution in [0.4, 0.5) is 0 Å². The van der Waals surface area contributed by atoms with Crippen molar-refractivity contribution < 1.29 is 31.5 Å². The van der Waals surface area contributed by atoms with Gasteiger partial charge < -0.3 is 9.47 Å². The first kappa shape index (κ1) is 4.16. The Morgan fingerprint density at radius 2 is 2.33 bits per heavy atom. The van der Waals surface area contributed by atoms with E-state index in [2.05, 4.69) is 4.98 Å². The Hall–Kier alpha value is -2.13. The summed E-state index contributed by atoms with van der Waals surface area (Å²) in [6.45, 7) is -18.9. The lowest BCUT2D eigenvalue weighted by Crippen LogP contribution is -2.27. The minimum atomic E-state index is -3.78. The molecule has 0 spiro atoms. The Bertz CT molecular complexity index is 1790. The molecule has 2 aromatic heterocycles. The largest absolute Gasteiger partial charge is 0.344 e. The highest BCUT2D eigenvalue weighted by Gasteiger charge is 2.22. The predicted molar refractivity (Wildman–Crippen MR) is 99.4 cm³/mol. The van der Waals surface area contributed by atoms with Crippen LogP contribution >= 0.6 is 0 Å². The fourth-order valence-corrected chi connectivity index (χ4v) is 2.32. The van der Waals surface area contributed by atoms with Crippen LogP contribution in [-0.4, -0.2) is 27.9 Å². The molecule has 0 N–H and O–H groups in total. The second-order valence-corrected chi connectivity index (χ2v) is 4.84. The lowest BCUT2D eigenvalue weighted by molar-refractivity contribution is 0.309. The molecule has 3 heteroatoms. The fraction of sp³-hybridized carbons (Fsp3) is 0.381. The van der Waals surface area contributed by atoms with Gasteiger partial charge in [0, 0.05) is 77.7 Å². The predicted octanol–water partition coefficient (Wildman–Crippen LogP) is 3.88. The van der Waals surface area contributed by atoms with Gasteiger partial charge in [0.1, 0.15) is 0 Å². The van der Waals surface area contributed by atoms with Gasteiger partial charge in [-0.15, -0.1) is 0 Å². The highest BCUT2D eigenvalue weighted by atomic mass is 15.1. The van der Waals surface area contributed by atoms with Crippen molar-refractivity contribution in [2.24, 2.45) is 0 Å². The summed E-state index contributed by atoms with van der Waals surface area (Å²) in [7, 11) is 0. The van der Waals surface area contributed by atoms with Crippen LogP contribution in [0.5, 0.6) is 0 Å². The van der Waals surface area contributed by atoms with Crippen LogP contribution in [-0.2, 0) is 25.8 Å². The molecule has 0 saturated heterocycles. The number of likely N-dealkylation sites (N-methyl/N-ethyl adjacent to an activating group) is 1. The summed E-state index contributed by atoms with van der Waals surface area (Å²) < 4.78 is 190. The van der Waals surface area contributed by atoms with E-state index < -0.39 is 133 Å². The number of aryl methyl sites for hydroxylation is 2. The van der Waals surface area contributed by atoms with Crippen LogP contribution in [0.1, 0.15) is 59.6 Å². The Kier molecular flexibility index (Phi) is 1.05. The van der Waals surface area contributed by atoms with Gasteiger partial charge in [-0.3, -0.25) is 4.98 Å². The molecule has 0 fully saturated rings. The van der Waals surface area contributed by atoms with Gasteiger partial charge in [-0.05, 0) is 56.3 Å². The van der Waals surface area contributed by atoms with Gasteiger partial charge in [0.05, 0.1) is 8.22 Å². The molecular formula is C21H25N3. The van der Waals surface area contributed by atoms with Gasteiger partial charge >= 0.3 is 0 Å². The number of benzene rings is 1. The van der Waals surface area contributed by atoms with Crippen molar-refractivity contribution in [3.05, 3.63) is 64.5 Å². The maximum atomic E-state index is 8.81. The second kappa shape index (κ2) is 6.06. The van der Waals surface area contributed by atoms with E-state index in [0.29, 0.717) is 4.57 Å². The average Bonchev–Trinajstić information content (AvgIpc) is 3.17. The average molecular weight is 343 g/mol. The third kappa shape index (κ3) is 2.73. The topological polar surface area (TPSA) is 21.1 Å². The molecule has 1 aromatic carbocycles. The molecule has 1 aliphatic rings. The quantitative estimate of drug-likeness (QED) is 0.720. The number of hydrogen-bond donors (Lipinski definition) is 0. The monoisotopic (exact) mass is 342 g/mol. The number of hydrogen-bond acceptors (Lipinski definition) is 2. The van der Waals surface area contributed by atoms with Crippen molar-refractivity contribution in [1.82, 2.24) is 14.5 Å². The van der Waals surface area contributed by atoms with Crippen molar-refractivity contribution in [2.45, 2.75) is 39.5 Å². The van der Waals surface area contributed by atoms with E-state index >= 15 is 0 Å². The molecule has 1 aliphatic heterocycles. The summed E-state index contributed by atoms with van der Waals surface area (Å²) in [4.78, 5) is 3.03. The van der Waals surface area contributed by atoms with E-state index in [-0.39, 0.29) is 0 Å². The van der Waals surface area contributed by atoms with Crippen LogP contribution < -0.4 is 0 Å². The van der Waals surface area contributed by atoms with Crippen LogP contribution in [0.15, 0.2) is 36.4 Å².